The number of carbonyl (C=O) groups excluding carboxylic acids is 2. The lowest BCUT2D eigenvalue weighted by molar-refractivity contribution is 0.0320. The van der Waals surface area contributed by atoms with Gasteiger partial charge < -0.3 is 9.47 Å². The Morgan fingerprint density at radius 3 is 2.40 bits per heavy atom. The van der Waals surface area contributed by atoms with Crippen molar-refractivity contribution >= 4 is 23.1 Å². The first-order valence-corrected chi connectivity index (χ1v) is 6.92. The molecule has 1 aromatic carbocycles. The number of thiophene rings is 1. The average molecular weight is 290 g/mol. The second kappa shape index (κ2) is 6.34. The van der Waals surface area contributed by atoms with E-state index >= 15 is 0 Å². The van der Waals surface area contributed by atoms with E-state index in [1.165, 1.54) is 11.3 Å². The normalized spacial score (nSPS) is 11.7. The molecule has 1 heterocycles. The Morgan fingerprint density at radius 1 is 1.15 bits per heavy atom. The quantitative estimate of drug-likeness (QED) is 0.627. The fourth-order valence-corrected chi connectivity index (χ4v) is 2.37. The van der Waals surface area contributed by atoms with E-state index in [0.29, 0.717) is 16.2 Å². The molecule has 104 valence electrons. The van der Waals surface area contributed by atoms with Crippen LogP contribution in [0.3, 0.4) is 0 Å². The minimum Gasteiger partial charge on any atom is -0.497 e. The van der Waals surface area contributed by atoms with Gasteiger partial charge in [-0.25, -0.2) is 4.79 Å². The zero-order chi connectivity index (χ0) is 14.5. The van der Waals surface area contributed by atoms with Crippen molar-refractivity contribution in [2.75, 3.05) is 7.11 Å². The van der Waals surface area contributed by atoms with E-state index in [9.17, 15) is 9.59 Å². The molecule has 0 amide bonds. The van der Waals surface area contributed by atoms with Crippen LogP contribution in [0, 0.1) is 0 Å². The summed E-state index contributed by atoms with van der Waals surface area (Å²) in [6.07, 6.45) is -0.803. The fourth-order valence-electron chi connectivity index (χ4n) is 1.63. The topological polar surface area (TPSA) is 52.6 Å². The number of carbonyl (C=O) groups is 2. The van der Waals surface area contributed by atoms with Gasteiger partial charge in [-0.05, 0) is 42.6 Å². The van der Waals surface area contributed by atoms with Gasteiger partial charge >= 0.3 is 5.97 Å². The molecule has 0 saturated carbocycles. The molecule has 5 heteroatoms. The van der Waals surface area contributed by atoms with Gasteiger partial charge in [-0.15, -0.1) is 11.3 Å². The summed E-state index contributed by atoms with van der Waals surface area (Å²) in [4.78, 5) is 24.5. The average Bonchev–Trinajstić information content (AvgIpc) is 3.00. The second-order valence-corrected chi connectivity index (χ2v) is 5.07. The summed E-state index contributed by atoms with van der Waals surface area (Å²) in [5.74, 6) is -0.0591. The smallest absolute Gasteiger partial charge is 0.338 e. The van der Waals surface area contributed by atoms with Crippen LogP contribution in [0.25, 0.3) is 0 Å². The third-order valence-electron chi connectivity index (χ3n) is 2.74. The molecule has 0 aliphatic heterocycles. The molecular formula is C15H14O4S. The van der Waals surface area contributed by atoms with Crippen LogP contribution in [0.15, 0.2) is 41.8 Å². The van der Waals surface area contributed by atoms with Crippen molar-refractivity contribution in [2.24, 2.45) is 0 Å². The van der Waals surface area contributed by atoms with Gasteiger partial charge in [0, 0.05) is 0 Å². The number of benzene rings is 1. The molecule has 0 saturated heterocycles. The highest BCUT2D eigenvalue weighted by atomic mass is 32.1. The standard InChI is InChI=1S/C15H14O4S/c1-10(14(16)13-4-3-9-20-13)19-15(17)11-5-7-12(18-2)8-6-11/h3-10H,1-2H3. The Hall–Kier alpha value is -2.14. The molecule has 4 nitrogen and oxygen atoms in total. The van der Waals surface area contributed by atoms with Gasteiger partial charge in [-0.3, -0.25) is 4.79 Å². The van der Waals surface area contributed by atoms with E-state index in [0.717, 1.165) is 0 Å². The molecule has 1 unspecified atom stereocenters. The molecule has 0 N–H and O–H groups in total. The Labute approximate surface area is 121 Å². The van der Waals surface area contributed by atoms with Gasteiger partial charge in [-0.1, -0.05) is 6.07 Å². The highest BCUT2D eigenvalue weighted by Crippen LogP contribution is 2.16. The van der Waals surface area contributed by atoms with Crippen LogP contribution in [0.2, 0.25) is 0 Å². The molecule has 2 aromatic rings. The molecule has 20 heavy (non-hydrogen) atoms. The summed E-state index contributed by atoms with van der Waals surface area (Å²) in [7, 11) is 1.55. The van der Waals surface area contributed by atoms with Crippen molar-refractivity contribution in [1.29, 1.82) is 0 Å². The highest BCUT2D eigenvalue weighted by Gasteiger charge is 2.21. The van der Waals surface area contributed by atoms with E-state index in [1.807, 2.05) is 5.38 Å². The third kappa shape index (κ3) is 3.24. The first-order chi connectivity index (χ1) is 9.61. The first kappa shape index (κ1) is 14.3. The fraction of sp³-hybridized carbons (Fsp3) is 0.200. The van der Waals surface area contributed by atoms with Crippen molar-refractivity contribution in [3.8, 4) is 5.75 Å². The van der Waals surface area contributed by atoms with Crippen molar-refractivity contribution in [3.63, 3.8) is 0 Å². The Morgan fingerprint density at radius 2 is 1.85 bits per heavy atom. The highest BCUT2D eigenvalue weighted by molar-refractivity contribution is 7.12. The molecule has 0 radical (unpaired) electrons. The molecule has 2 rings (SSSR count). The molecule has 0 aliphatic rings. The number of ketones is 1. The van der Waals surface area contributed by atoms with Crippen LogP contribution >= 0.6 is 11.3 Å². The number of Topliss-reactive ketones (excluding diaryl/α,β-unsaturated/α-hetero) is 1. The first-order valence-electron chi connectivity index (χ1n) is 6.04. The maximum atomic E-state index is 12.0. The van der Waals surface area contributed by atoms with E-state index in [-0.39, 0.29) is 5.78 Å². The maximum absolute atomic E-state index is 12.0. The molecule has 0 bridgehead atoms. The molecule has 0 fully saturated rings. The largest absolute Gasteiger partial charge is 0.497 e. The van der Waals surface area contributed by atoms with Crippen LogP contribution in [0.4, 0.5) is 0 Å². The Kier molecular flexibility index (Phi) is 4.53. The molecule has 1 atom stereocenters. The SMILES string of the molecule is COc1ccc(C(=O)OC(C)C(=O)c2cccs2)cc1. The molecule has 1 aromatic heterocycles. The summed E-state index contributed by atoms with van der Waals surface area (Å²) in [6.45, 7) is 1.57. The van der Waals surface area contributed by atoms with Gasteiger partial charge in [0.05, 0.1) is 17.6 Å². The van der Waals surface area contributed by atoms with E-state index < -0.39 is 12.1 Å². The number of hydrogen-bond donors (Lipinski definition) is 0. The summed E-state index contributed by atoms with van der Waals surface area (Å²) in [5.41, 5.74) is 0.386. The summed E-state index contributed by atoms with van der Waals surface area (Å²) in [5, 5.41) is 1.81. The lowest BCUT2D eigenvalue weighted by atomic mass is 10.2. The van der Waals surface area contributed by atoms with Crippen LogP contribution in [0.1, 0.15) is 27.0 Å². The van der Waals surface area contributed by atoms with Crippen LogP contribution in [0.5, 0.6) is 5.75 Å². The predicted molar refractivity (Wildman–Crippen MR) is 76.5 cm³/mol. The third-order valence-corrected chi connectivity index (χ3v) is 3.63. The van der Waals surface area contributed by atoms with Crippen molar-refractivity contribution < 1.29 is 19.1 Å². The molecule has 0 spiro atoms. The van der Waals surface area contributed by atoms with E-state index in [2.05, 4.69) is 0 Å². The Balaban J connectivity index is 2.01. The van der Waals surface area contributed by atoms with Gasteiger partial charge in [0.1, 0.15) is 5.75 Å². The minimum absolute atomic E-state index is 0.193. The van der Waals surface area contributed by atoms with E-state index in [4.69, 9.17) is 9.47 Å². The summed E-state index contributed by atoms with van der Waals surface area (Å²) in [6, 6.07) is 10.0. The predicted octanol–water partition coefficient (Wildman–Crippen LogP) is 3.18. The van der Waals surface area contributed by atoms with Gasteiger partial charge in [0.15, 0.2) is 6.10 Å². The number of ether oxygens (including phenoxy) is 2. The van der Waals surface area contributed by atoms with Crippen molar-refractivity contribution in [1.82, 2.24) is 0 Å². The number of methoxy groups -OCH3 is 1. The van der Waals surface area contributed by atoms with Gasteiger partial charge in [0.2, 0.25) is 5.78 Å². The summed E-state index contributed by atoms with van der Waals surface area (Å²) < 4.78 is 10.2. The monoisotopic (exact) mass is 290 g/mol. The molecule has 0 aliphatic carbocycles. The van der Waals surface area contributed by atoms with Crippen LogP contribution in [-0.2, 0) is 4.74 Å². The number of rotatable bonds is 5. The van der Waals surface area contributed by atoms with Gasteiger partial charge in [0.25, 0.3) is 0 Å². The van der Waals surface area contributed by atoms with Gasteiger partial charge in [-0.2, -0.15) is 0 Å². The maximum Gasteiger partial charge on any atom is 0.338 e. The van der Waals surface area contributed by atoms with Crippen LogP contribution in [-0.4, -0.2) is 25.0 Å². The zero-order valence-corrected chi connectivity index (χ0v) is 12.0. The number of esters is 1. The zero-order valence-electron chi connectivity index (χ0n) is 11.2. The molecular weight excluding hydrogens is 276 g/mol. The minimum atomic E-state index is -0.803. The lowest BCUT2D eigenvalue weighted by Gasteiger charge is -2.11. The van der Waals surface area contributed by atoms with Crippen molar-refractivity contribution in [3.05, 3.63) is 52.2 Å². The Bertz CT molecular complexity index is 587. The van der Waals surface area contributed by atoms with E-state index in [1.54, 1.807) is 50.4 Å². The summed E-state index contributed by atoms with van der Waals surface area (Å²) >= 11 is 1.33. The second-order valence-electron chi connectivity index (χ2n) is 4.12. The number of hydrogen-bond acceptors (Lipinski definition) is 5. The van der Waals surface area contributed by atoms with Crippen molar-refractivity contribution in [2.45, 2.75) is 13.0 Å². The lowest BCUT2D eigenvalue weighted by Crippen LogP contribution is -2.23. The van der Waals surface area contributed by atoms with Crippen LogP contribution < -0.4 is 4.74 Å².